The number of imidazole rings is 1. The van der Waals surface area contributed by atoms with E-state index >= 15 is 0 Å². The summed E-state index contributed by atoms with van der Waals surface area (Å²) in [4.78, 5) is 53.1. The number of rotatable bonds is 9. The van der Waals surface area contributed by atoms with Crippen molar-refractivity contribution in [3.63, 3.8) is 0 Å². The van der Waals surface area contributed by atoms with Crippen LogP contribution in [0.25, 0.3) is 22.9 Å². The third-order valence-corrected chi connectivity index (χ3v) is 8.11. The number of thioether (sulfide) groups is 1. The number of aromatic amines is 1. The molecule has 0 aromatic carbocycles. The summed E-state index contributed by atoms with van der Waals surface area (Å²) < 4.78 is 24.6. The van der Waals surface area contributed by atoms with Crippen LogP contribution in [0.3, 0.4) is 0 Å². The van der Waals surface area contributed by atoms with Crippen LogP contribution in [0.1, 0.15) is 26.8 Å². The van der Waals surface area contributed by atoms with Gasteiger partial charge in [-0.3, -0.25) is 19.4 Å². The highest BCUT2D eigenvalue weighted by Gasteiger charge is 2.52. The maximum atomic E-state index is 12.5. The maximum absolute atomic E-state index is 12.5. The fourth-order valence-corrected chi connectivity index (χ4v) is 6.47. The molecule has 0 unspecified atom stereocenters. The number of pyridine rings is 1. The van der Waals surface area contributed by atoms with Gasteiger partial charge in [0.15, 0.2) is 23.2 Å². The number of halogens is 1. The monoisotopic (exact) mass is 648 g/mol. The second-order valence-electron chi connectivity index (χ2n) is 9.19. The summed E-state index contributed by atoms with van der Waals surface area (Å²) in [5, 5.41) is 10.9. The summed E-state index contributed by atoms with van der Waals surface area (Å²) in [7, 11) is 0. The Bertz CT molecular complexity index is 1610. The largest absolute Gasteiger partial charge is 0.463 e. The van der Waals surface area contributed by atoms with Crippen LogP contribution in [0.2, 0.25) is 5.02 Å². The minimum absolute atomic E-state index is 0.281. The van der Waals surface area contributed by atoms with E-state index in [0.717, 1.165) is 11.8 Å². The Morgan fingerprint density at radius 1 is 1.14 bits per heavy atom. The van der Waals surface area contributed by atoms with Gasteiger partial charge in [0.1, 0.15) is 41.3 Å². The molecule has 15 nitrogen and oxygen atoms in total. The quantitative estimate of drug-likeness (QED) is 0.198. The number of carbonyl (C=O) groups is 3. The van der Waals surface area contributed by atoms with Crippen LogP contribution in [0.15, 0.2) is 41.1 Å². The van der Waals surface area contributed by atoms with Crippen molar-refractivity contribution in [2.24, 2.45) is 0 Å². The SMILES string of the molecule is CC(=O)OC[C@H]1O[C@H](Sc2cc(Cl)cnc2-c2ncc[nH]2)[C@H](OC(C)=O)[C@@H](n2cc(-c3csc(N)n3)nn2)[C@H]1OC(C)=O. The van der Waals surface area contributed by atoms with E-state index < -0.39 is 47.7 Å². The van der Waals surface area contributed by atoms with Crippen molar-refractivity contribution >= 4 is 57.7 Å². The van der Waals surface area contributed by atoms with Crippen LogP contribution in [-0.4, -0.2) is 83.2 Å². The van der Waals surface area contributed by atoms with Crippen molar-refractivity contribution in [3.05, 3.63) is 41.3 Å². The Kier molecular flexibility index (Phi) is 9.24. The standard InChI is InChI=1S/C25H25ClN8O7S2/c1-11(35)38-9-17-21(39-12(2)36)20(34-8-15(32-33-34)16-10-42-25(27)31-16)22(40-13(3)37)24(41-17)43-18-6-14(26)7-30-19(18)23-28-4-5-29-23/h4-8,10,17,20-22,24H,9H2,1-3H3,(H2,27,31)(H,28,29)/t17-,20+,21+,22-,24-/m1/s1. The number of ether oxygens (including phenoxy) is 4. The van der Waals surface area contributed by atoms with Gasteiger partial charge in [-0.05, 0) is 6.07 Å². The van der Waals surface area contributed by atoms with Crippen molar-refractivity contribution < 1.29 is 33.3 Å². The third-order valence-electron chi connectivity index (χ3n) is 6.06. The lowest BCUT2D eigenvalue weighted by atomic mass is 9.96. The van der Waals surface area contributed by atoms with Crippen LogP contribution >= 0.6 is 34.7 Å². The van der Waals surface area contributed by atoms with Crippen LogP contribution in [0, 0.1) is 0 Å². The lowest BCUT2D eigenvalue weighted by Gasteiger charge is -2.44. The number of nitrogens with zero attached hydrogens (tertiary/aromatic N) is 6. The van der Waals surface area contributed by atoms with Gasteiger partial charge in [-0.1, -0.05) is 28.6 Å². The number of hydrogen-bond acceptors (Lipinski definition) is 15. The molecule has 1 aliphatic heterocycles. The number of nitrogen functional groups attached to an aromatic ring is 1. The first-order valence-electron chi connectivity index (χ1n) is 12.7. The van der Waals surface area contributed by atoms with E-state index in [4.69, 9.17) is 36.3 Å². The van der Waals surface area contributed by atoms with Gasteiger partial charge in [0, 0.05) is 49.6 Å². The molecule has 3 N–H and O–H groups in total. The van der Waals surface area contributed by atoms with Crippen molar-refractivity contribution in [3.8, 4) is 22.9 Å². The summed E-state index contributed by atoms with van der Waals surface area (Å²) in [6.07, 6.45) is 3.01. The second-order valence-corrected chi connectivity index (χ2v) is 11.7. The first-order chi connectivity index (χ1) is 20.6. The average molecular weight is 649 g/mol. The lowest BCUT2D eigenvalue weighted by molar-refractivity contribution is -0.212. The Hall–Kier alpha value is -4.06. The lowest BCUT2D eigenvalue weighted by Crippen LogP contribution is -2.57. The molecule has 18 heteroatoms. The van der Waals surface area contributed by atoms with E-state index in [0.29, 0.717) is 38.0 Å². The van der Waals surface area contributed by atoms with Gasteiger partial charge in [-0.2, -0.15) is 0 Å². The predicted molar refractivity (Wildman–Crippen MR) is 154 cm³/mol. The molecule has 1 fully saturated rings. The molecule has 0 aliphatic carbocycles. The highest BCUT2D eigenvalue weighted by molar-refractivity contribution is 8.00. The molecule has 1 saturated heterocycles. The molecule has 43 heavy (non-hydrogen) atoms. The van der Waals surface area contributed by atoms with Gasteiger partial charge in [-0.25, -0.2) is 14.6 Å². The van der Waals surface area contributed by atoms with E-state index in [9.17, 15) is 14.4 Å². The normalized spacial score (nSPS) is 21.7. The minimum atomic E-state index is -1.13. The fourth-order valence-electron chi connectivity index (χ4n) is 4.43. The molecular weight excluding hydrogens is 624 g/mol. The first kappa shape index (κ1) is 30.4. The van der Waals surface area contributed by atoms with E-state index in [1.165, 1.54) is 43.0 Å². The highest BCUT2D eigenvalue weighted by atomic mass is 35.5. The Morgan fingerprint density at radius 3 is 2.56 bits per heavy atom. The number of nitrogens with two attached hydrogens (primary N) is 1. The zero-order valence-electron chi connectivity index (χ0n) is 22.9. The molecule has 0 spiro atoms. The van der Waals surface area contributed by atoms with E-state index in [1.807, 2.05) is 0 Å². The number of esters is 3. The van der Waals surface area contributed by atoms with Crippen molar-refractivity contribution in [2.75, 3.05) is 12.3 Å². The topological polar surface area (TPSA) is 199 Å². The Labute approximate surface area is 257 Å². The molecule has 5 rings (SSSR count). The Morgan fingerprint density at radius 2 is 1.91 bits per heavy atom. The second kappa shape index (κ2) is 13.1. The minimum Gasteiger partial charge on any atom is -0.463 e. The highest BCUT2D eigenvalue weighted by Crippen LogP contribution is 2.43. The van der Waals surface area contributed by atoms with Gasteiger partial charge in [0.05, 0.1) is 11.2 Å². The number of H-pyrrole nitrogens is 1. The predicted octanol–water partition coefficient (Wildman–Crippen LogP) is 2.91. The molecule has 4 aromatic heterocycles. The number of aromatic nitrogens is 7. The summed E-state index contributed by atoms with van der Waals surface area (Å²) in [6, 6.07) is 0.677. The molecule has 0 bridgehead atoms. The van der Waals surface area contributed by atoms with E-state index in [2.05, 4.69) is 30.2 Å². The van der Waals surface area contributed by atoms with Crippen molar-refractivity contribution in [1.29, 1.82) is 0 Å². The van der Waals surface area contributed by atoms with Crippen molar-refractivity contribution in [2.45, 2.75) is 55.5 Å². The molecule has 1 aliphatic rings. The molecule has 0 amide bonds. The van der Waals surface area contributed by atoms with Crippen LogP contribution in [-0.2, 0) is 33.3 Å². The summed E-state index contributed by atoms with van der Waals surface area (Å²) >= 11 is 8.68. The number of carbonyl (C=O) groups excluding carboxylic acids is 3. The van der Waals surface area contributed by atoms with Gasteiger partial charge in [-0.15, -0.1) is 16.4 Å². The van der Waals surface area contributed by atoms with E-state index in [-0.39, 0.29) is 6.61 Å². The maximum Gasteiger partial charge on any atom is 0.303 e. The van der Waals surface area contributed by atoms with Gasteiger partial charge in [0.25, 0.3) is 0 Å². The molecule has 4 aromatic rings. The number of thiazole rings is 1. The number of anilines is 1. The summed E-state index contributed by atoms with van der Waals surface area (Å²) in [5.74, 6) is -1.39. The average Bonchev–Trinajstić information content (AvgIpc) is 3.71. The van der Waals surface area contributed by atoms with E-state index in [1.54, 1.807) is 30.0 Å². The number of hydrogen-bond donors (Lipinski definition) is 2. The smallest absolute Gasteiger partial charge is 0.303 e. The number of nitrogens with one attached hydrogen (secondary N) is 1. The van der Waals surface area contributed by atoms with Crippen LogP contribution in [0.5, 0.6) is 0 Å². The third kappa shape index (κ3) is 7.12. The summed E-state index contributed by atoms with van der Waals surface area (Å²) in [5.41, 5.74) is 6.14. The molecular formula is C25H25ClN8O7S2. The van der Waals surface area contributed by atoms with Gasteiger partial charge < -0.3 is 29.7 Å². The molecule has 0 saturated carbocycles. The fraction of sp³-hybridized carbons (Fsp3) is 0.360. The Balaban J connectivity index is 1.61. The van der Waals surface area contributed by atoms with Crippen LogP contribution < -0.4 is 5.73 Å². The van der Waals surface area contributed by atoms with Crippen LogP contribution in [0.4, 0.5) is 5.13 Å². The zero-order valence-corrected chi connectivity index (χ0v) is 25.3. The molecule has 0 radical (unpaired) electrons. The molecule has 5 atom stereocenters. The summed E-state index contributed by atoms with van der Waals surface area (Å²) in [6.45, 7) is 3.42. The van der Waals surface area contributed by atoms with Crippen molar-refractivity contribution in [1.82, 2.24) is 34.9 Å². The molecule has 5 heterocycles. The first-order valence-corrected chi connectivity index (χ1v) is 14.8. The van der Waals surface area contributed by atoms with Gasteiger partial charge in [0.2, 0.25) is 0 Å². The molecule has 226 valence electrons. The zero-order chi connectivity index (χ0) is 30.7. The van der Waals surface area contributed by atoms with Gasteiger partial charge >= 0.3 is 17.9 Å².